The van der Waals surface area contributed by atoms with Crippen LogP contribution in [0, 0.1) is 6.92 Å². The van der Waals surface area contributed by atoms with Gasteiger partial charge in [-0.15, -0.1) is 0 Å². The van der Waals surface area contributed by atoms with Gasteiger partial charge in [0.15, 0.2) is 0 Å². The predicted molar refractivity (Wildman–Crippen MR) is 79.0 cm³/mol. The Labute approximate surface area is 122 Å². The number of hydrogen-bond acceptors (Lipinski definition) is 3. The molecule has 0 spiro atoms. The van der Waals surface area contributed by atoms with Gasteiger partial charge >= 0.3 is 0 Å². The molecule has 19 heavy (non-hydrogen) atoms. The lowest BCUT2D eigenvalue weighted by Crippen LogP contribution is -2.19. The fraction of sp³-hybridized carbons (Fsp3) is 0.538. The Morgan fingerprint density at radius 1 is 1.37 bits per heavy atom. The molecule has 1 N–H and O–H groups in total. The molecule has 0 aromatic carbocycles. The maximum Gasteiger partial charge on any atom is 0.0739 e. The minimum absolute atomic E-state index is 0.822. The van der Waals surface area contributed by atoms with E-state index >= 15 is 0 Å². The molecule has 0 saturated carbocycles. The first kappa shape index (κ1) is 14.3. The quantitative estimate of drug-likeness (QED) is 0.827. The van der Waals surface area contributed by atoms with Gasteiger partial charge in [-0.3, -0.25) is 9.36 Å². The van der Waals surface area contributed by atoms with Gasteiger partial charge in [0.05, 0.1) is 21.6 Å². The van der Waals surface area contributed by atoms with E-state index in [1.165, 1.54) is 5.69 Å². The number of nitrogens with zero attached hydrogens (tertiary/aromatic N) is 4. The molecule has 0 fully saturated rings. The minimum atomic E-state index is 0.822. The second-order valence-electron chi connectivity index (χ2n) is 4.57. The summed E-state index contributed by atoms with van der Waals surface area (Å²) in [6.45, 7) is 6.76. The number of halogens is 1. The van der Waals surface area contributed by atoms with Gasteiger partial charge in [0, 0.05) is 39.3 Å². The van der Waals surface area contributed by atoms with Crippen LogP contribution in [0.5, 0.6) is 0 Å². The Kier molecular flexibility index (Phi) is 4.76. The first-order valence-electron chi connectivity index (χ1n) is 6.52. The molecule has 0 radical (unpaired) electrons. The average molecular weight is 326 g/mol. The van der Waals surface area contributed by atoms with Crippen molar-refractivity contribution in [1.82, 2.24) is 24.9 Å². The average Bonchev–Trinajstić information content (AvgIpc) is 2.92. The molecule has 5 nitrogen and oxygen atoms in total. The molecule has 2 aromatic rings. The maximum absolute atomic E-state index is 4.48. The van der Waals surface area contributed by atoms with Crippen molar-refractivity contribution in [3.05, 3.63) is 33.8 Å². The van der Waals surface area contributed by atoms with E-state index in [0.29, 0.717) is 0 Å². The number of nitrogens with one attached hydrogen (secondary N) is 1. The van der Waals surface area contributed by atoms with Crippen LogP contribution in [0.15, 0.2) is 16.7 Å². The molecule has 0 unspecified atom stereocenters. The molecular weight excluding hydrogens is 306 g/mol. The molecule has 0 aliphatic heterocycles. The zero-order valence-corrected chi connectivity index (χ0v) is 13.2. The van der Waals surface area contributed by atoms with Gasteiger partial charge in [0.2, 0.25) is 0 Å². The molecule has 2 rings (SSSR count). The summed E-state index contributed by atoms with van der Waals surface area (Å²) in [6, 6.07) is 2.05. The Morgan fingerprint density at radius 3 is 2.79 bits per heavy atom. The molecule has 0 bridgehead atoms. The third-order valence-corrected chi connectivity index (χ3v) is 4.10. The Morgan fingerprint density at radius 2 is 2.16 bits per heavy atom. The fourth-order valence-corrected chi connectivity index (χ4v) is 2.48. The van der Waals surface area contributed by atoms with Crippen LogP contribution in [0.1, 0.15) is 24.0 Å². The van der Waals surface area contributed by atoms with Crippen LogP contribution >= 0.6 is 15.9 Å². The zero-order chi connectivity index (χ0) is 13.8. The van der Waals surface area contributed by atoms with E-state index in [1.54, 1.807) is 0 Å². The molecular formula is C13H20BrN5. The summed E-state index contributed by atoms with van der Waals surface area (Å²) in [5, 5.41) is 12.3. The maximum atomic E-state index is 4.48. The Hall–Kier alpha value is -1.14. The van der Waals surface area contributed by atoms with Crippen molar-refractivity contribution in [2.75, 3.05) is 6.54 Å². The second-order valence-corrected chi connectivity index (χ2v) is 5.36. The van der Waals surface area contributed by atoms with Crippen molar-refractivity contribution in [3.8, 4) is 0 Å². The van der Waals surface area contributed by atoms with Crippen LogP contribution in [0.3, 0.4) is 0 Å². The van der Waals surface area contributed by atoms with Gasteiger partial charge in [-0.05, 0) is 35.8 Å². The van der Waals surface area contributed by atoms with E-state index in [1.807, 2.05) is 29.5 Å². The smallest absolute Gasteiger partial charge is 0.0739 e. The standard InChI is InChI=1S/C13H20BrN5/c1-4-19-12(13(14)10(2)16-19)9-15-7-5-11-6-8-18(3)17-11/h6,8,15H,4-5,7,9H2,1-3H3. The fourth-order valence-electron chi connectivity index (χ4n) is 2.06. The highest BCUT2D eigenvalue weighted by Crippen LogP contribution is 2.20. The van der Waals surface area contributed by atoms with Crippen molar-refractivity contribution in [1.29, 1.82) is 0 Å². The van der Waals surface area contributed by atoms with Gasteiger partial charge in [-0.25, -0.2) is 0 Å². The summed E-state index contributed by atoms with van der Waals surface area (Å²) in [4.78, 5) is 0. The summed E-state index contributed by atoms with van der Waals surface area (Å²) in [7, 11) is 1.94. The van der Waals surface area contributed by atoms with Crippen molar-refractivity contribution >= 4 is 15.9 Å². The van der Waals surface area contributed by atoms with Crippen molar-refractivity contribution in [2.24, 2.45) is 7.05 Å². The van der Waals surface area contributed by atoms with Gasteiger partial charge in [0.25, 0.3) is 0 Å². The number of hydrogen-bond donors (Lipinski definition) is 1. The molecule has 0 aliphatic carbocycles. The molecule has 6 heteroatoms. The first-order chi connectivity index (χ1) is 9.11. The van der Waals surface area contributed by atoms with Crippen LogP contribution in [-0.4, -0.2) is 26.1 Å². The Balaban J connectivity index is 1.85. The summed E-state index contributed by atoms with van der Waals surface area (Å²) < 4.78 is 4.98. The number of aromatic nitrogens is 4. The summed E-state index contributed by atoms with van der Waals surface area (Å²) in [5.74, 6) is 0. The highest BCUT2D eigenvalue weighted by Gasteiger charge is 2.11. The normalized spacial score (nSPS) is 11.2. The van der Waals surface area contributed by atoms with Gasteiger partial charge in [-0.1, -0.05) is 0 Å². The molecule has 2 heterocycles. The van der Waals surface area contributed by atoms with Crippen molar-refractivity contribution in [3.63, 3.8) is 0 Å². The van der Waals surface area contributed by atoms with E-state index in [2.05, 4.69) is 44.4 Å². The highest BCUT2D eigenvalue weighted by atomic mass is 79.9. The number of aryl methyl sites for hydroxylation is 3. The van der Waals surface area contributed by atoms with Gasteiger partial charge < -0.3 is 5.32 Å². The van der Waals surface area contributed by atoms with Crippen LogP contribution < -0.4 is 5.32 Å². The zero-order valence-electron chi connectivity index (χ0n) is 11.6. The van der Waals surface area contributed by atoms with Crippen LogP contribution in [0.2, 0.25) is 0 Å². The summed E-state index contributed by atoms with van der Waals surface area (Å²) in [5.41, 5.74) is 3.37. The van der Waals surface area contributed by atoms with Gasteiger partial charge in [-0.2, -0.15) is 10.2 Å². The predicted octanol–water partition coefficient (Wildman–Crippen LogP) is 2.04. The lowest BCUT2D eigenvalue weighted by Gasteiger charge is -2.07. The van der Waals surface area contributed by atoms with Crippen molar-refractivity contribution in [2.45, 2.75) is 33.4 Å². The molecule has 0 saturated heterocycles. The third-order valence-electron chi connectivity index (χ3n) is 3.07. The molecule has 2 aromatic heterocycles. The molecule has 104 valence electrons. The molecule has 0 aliphatic rings. The lowest BCUT2D eigenvalue weighted by molar-refractivity contribution is 0.576. The van der Waals surface area contributed by atoms with Crippen LogP contribution in [0.4, 0.5) is 0 Å². The van der Waals surface area contributed by atoms with E-state index in [9.17, 15) is 0 Å². The van der Waals surface area contributed by atoms with Gasteiger partial charge in [0.1, 0.15) is 0 Å². The topological polar surface area (TPSA) is 47.7 Å². The Bertz CT molecular complexity index is 543. The molecule has 0 amide bonds. The SMILES string of the molecule is CCn1nc(C)c(Br)c1CNCCc1ccn(C)n1. The lowest BCUT2D eigenvalue weighted by atomic mass is 10.3. The van der Waals surface area contributed by atoms with Crippen molar-refractivity contribution < 1.29 is 0 Å². The van der Waals surface area contributed by atoms with E-state index in [4.69, 9.17) is 0 Å². The minimum Gasteiger partial charge on any atom is -0.311 e. The number of rotatable bonds is 6. The largest absolute Gasteiger partial charge is 0.311 e. The second kappa shape index (κ2) is 6.34. The van der Waals surface area contributed by atoms with E-state index < -0.39 is 0 Å². The van der Waals surface area contributed by atoms with Crippen LogP contribution in [0.25, 0.3) is 0 Å². The van der Waals surface area contributed by atoms with E-state index in [-0.39, 0.29) is 0 Å². The molecule has 0 atom stereocenters. The van der Waals surface area contributed by atoms with Crippen LogP contribution in [-0.2, 0) is 26.6 Å². The van der Waals surface area contributed by atoms with E-state index in [0.717, 1.165) is 41.9 Å². The third kappa shape index (κ3) is 3.45. The monoisotopic (exact) mass is 325 g/mol. The summed E-state index contributed by atoms with van der Waals surface area (Å²) in [6.07, 6.45) is 2.92. The summed E-state index contributed by atoms with van der Waals surface area (Å²) >= 11 is 3.60. The highest BCUT2D eigenvalue weighted by molar-refractivity contribution is 9.10. The first-order valence-corrected chi connectivity index (χ1v) is 7.32.